The van der Waals surface area contributed by atoms with Crippen LogP contribution in [-0.4, -0.2) is 22.7 Å². The van der Waals surface area contributed by atoms with Gasteiger partial charge < -0.3 is 20.8 Å². The third-order valence-corrected chi connectivity index (χ3v) is 3.53. The molecule has 0 aromatic heterocycles. The molecule has 0 atom stereocenters. The third kappa shape index (κ3) is 2.76. The van der Waals surface area contributed by atoms with Crippen molar-refractivity contribution in [2.75, 3.05) is 17.2 Å². The van der Waals surface area contributed by atoms with E-state index in [2.05, 4.69) is 10.6 Å². The lowest BCUT2D eigenvalue weighted by Crippen LogP contribution is -2.14. The molecular formula is C16H16N2O3. The minimum absolute atomic E-state index is 0.0423. The summed E-state index contributed by atoms with van der Waals surface area (Å²) >= 11 is 0. The normalized spacial score (nSPS) is 13.1. The Hall–Kier alpha value is -2.69. The van der Waals surface area contributed by atoms with Crippen molar-refractivity contribution >= 4 is 17.3 Å². The van der Waals surface area contributed by atoms with Gasteiger partial charge in [-0.1, -0.05) is 6.07 Å². The van der Waals surface area contributed by atoms with Crippen molar-refractivity contribution in [1.82, 2.24) is 0 Å². The van der Waals surface area contributed by atoms with Crippen LogP contribution < -0.4 is 10.6 Å². The van der Waals surface area contributed by atoms with Crippen LogP contribution >= 0.6 is 0 Å². The third-order valence-electron chi connectivity index (χ3n) is 3.53. The molecule has 1 heterocycles. The monoisotopic (exact) mass is 284 g/mol. The number of fused-ring (bicyclic) bond motifs is 1. The van der Waals surface area contributed by atoms with Gasteiger partial charge in [0.05, 0.1) is 5.56 Å². The molecule has 0 aliphatic carbocycles. The van der Waals surface area contributed by atoms with Crippen LogP contribution in [0, 0.1) is 0 Å². The van der Waals surface area contributed by atoms with Gasteiger partial charge in [-0.3, -0.25) is 4.79 Å². The molecule has 21 heavy (non-hydrogen) atoms. The van der Waals surface area contributed by atoms with Gasteiger partial charge in [0, 0.05) is 17.9 Å². The molecule has 4 N–H and O–H groups in total. The van der Waals surface area contributed by atoms with Crippen LogP contribution in [0.4, 0.5) is 11.4 Å². The molecule has 0 unspecified atom stereocenters. The quantitative estimate of drug-likeness (QED) is 0.639. The summed E-state index contributed by atoms with van der Waals surface area (Å²) in [6.07, 6.45) is 2.14. The van der Waals surface area contributed by atoms with E-state index in [1.807, 2.05) is 18.2 Å². The largest absolute Gasteiger partial charge is 0.508 e. The van der Waals surface area contributed by atoms with Crippen molar-refractivity contribution in [3.05, 3.63) is 47.5 Å². The zero-order valence-electron chi connectivity index (χ0n) is 11.4. The zero-order chi connectivity index (χ0) is 14.8. The molecule has 0 fully saturated rings. The maximum atomic E-state index is 12.2. The highest BCUT2D eigenvalue weighted by Crippen LogP contribution is 2.27. The van der Waals surface area contributed by atoms with E-state index in [0.29, 0.717) is 5.69 Å². The molecule has 1 amide bonds. The molecule has 0 spiro atoms. The number of amides is 1. The van der Waals surface area contributed by atoms with Gasteiger partial charge in [0.1, 0.15) is 11.5 Å². The van der Waals surface area contributed by atoms with Gasteiger partial charge in [0.15, 0.2) is 0 Å². The Balaban J connectivity index is 1.83. The Bertz CT molecular complexity index is 698. The predicted octanol–water partition coefficient (Wildman–Crippen LogP) is 2.71. The second-order valence-electron chi connectivity index (χ2n) is 5.06. The lowest BCUT2D eigenvalue weighted by atomic mass is 10.0. The number of hydrogen-bond donors (Lipinski definition) is 4. The highest BCUT2D eigenvalue weighted by atomic mass is 16.3. The van der Waals surface area contributed by atoms with Crippen LogP contribution in [0.3, 0.4) is 0 Å². The number of aryl methyl sites for hydroxylation is 1. The summed E-state index contributed by atoms with van der Waals surface area (Å²) in [4.78, 5) is 12.2. The molecule has 3 rings (SSSR count). The number of anilines is 2. The first-order valence-electron chi connectivity index (χ1n) is 6.83. The molecular weight excluding hydrogens is 268 g/mol. The molecule has 0 bridgehead atoms. The van der Waals surface area contributed by atoms with E-state index < -0.39 is 5.91 Å². The van der Waals surface area contributed by atoms with Gasteiger partial charge in [-0.15, -0.1) is 0 Å². The Morgan fingerprint density at radius 2 is 2.00 bits per heavy atom. The second kappa shape index (κ2) is 5.36. The Morgan fingerprint density at radius 3 is 2.86 bits per heavy atom. The minimum atomic E-state index is -0.459. The molecule has 5 heteroatoms. The van der Waals surface area contributed by atoms with Crippen molar-refractivity contribution in [3.8, 4) is 11.5 Å². The number of hydrogen-bond acceptors (Lipinski definition) is 4. The molecule has 2 aromatic carbocycles. The number of phenols is 2. The van der Waals surface area contributed by atoms with Crippen molar-refractivity contribution in [2.45, 2.75) is 12.8 Å². The van der Waals surface area contributed by atoms with Gasteiger partial charge in [-0.2, -0.15) is 0 Å². The van der Waals surface area contributed by atoms with E-state index in [1.54, 1.807) is 0 Å². The number of benzene rings is 2. The summed E-state index contributed by atoms with van der Waals surface area (Å²) in [6, 6.07) is 9.56. The Labute approximate surface area is 122 Å². The minimum Gasteiger partial charge on any atom is -0.508 e. The van der Waals surface area contributed by atoms with Crippen LogP contribution in [0.5, 0.6) is 11.5 Å². The fourth-order valence-corrected chi connectivity index (χ4v) is 2.44. The van der Waals surface area contributed by atoms with E-state index in [1.165, 1.54) is 23.8 Å². The average molecular weight is 284 g/mol. The summed E-state index contributed by atoms with van der Waals surface area (Å²) in [5.41, 5.74) is 2.95. The smallest absolute Gasteiger partial charge is 0.259 e. The Kier molecular flexibility index (Phi) is 3.39. The lowest BCUT2D eigenvalue weighted by Gasteiger charge is -2.19. The van der Waals surface area contributed by atoms with Gasteiger partial charge >= 0.3 is 0 Å². The van der Waals surface area contributed by atoms with E-state index in [9.17, 15) is 15.0 Å². The van der Waals surface area contributed by atoms with Gasteiger partial charge in [-0.25, -0.2) is 0 Å². The van der Waals surface area contributed by atoms with Gasteiger partial charge in [0.2, 0.25) is 0 Å². The van der Waals surface area contributed by atoms with Crippen LogP contribution in [0.2, 0.25) is 0 Å². The van der Waals surface area contributed by atoms with Crippen LogP contribution in [0.1, 0.15) is 22.3 Å². The number of rotatable bonds is 2. The first-order valence-corrected chi connectivity index (χ1v) is 6.83. The number of carbonyl (C=O) groups excluding carboxylic acids is 1. The number of aromatic hydroxyl groups is 2. The number of carbonyl (C=O) groups is 1. The van der Waals surface area contributed by atoms with Crippen LogP contribution in [0.25, 0.3) is 0 Å². The molecule has 0 saturated heterocycles. The van der Waals surface area contributed by atoms with Crippen molar-refractivity contribution < 1.29 is 15.0 Å². The fraction of sp³-hybridized carbons (Fsp3) is 0.188. The molecule has 108 valence electrons. The van der Waals surface area contributed by atoms with E-state index >= 15 is 0 Å². The molecule has 5 nitrogen and oxygen atoms in total. The molecule has 0 saturated carbocycles. The summed E-state index contributed by atoms with van der Waals surface area (Å²) in [6.45, 7) is 0.928. The number of phenolic OH excluding ortho intramolecular Hbond substituents is 2. The maximum absolute atomic E-state index is 12.2. The summed E-state index contributed by atoms with van der Waals surface area (Å²) in [7, 11) is 0. The second-order valence-corrected chi connectivity index (χ2v) is 5.06. The number of nitrogens with one attached hydrogen (secondary N) is 2. The molecule has 0 radical (unpaired) electrons. The summed E-state index contributed by atoms with van der Waals surface area (Å²) < 4.78 is 0. The van der Waals surface area contributed by atoms with E-state index in [0.717, 1.165) is 25.1 Å². The maximum Gasteiger partial charge on any atom is 0.259 e. The fourth-order valence-electron chi connectivity index (χ4n) is 2.44. The van der Waals surface area contributed by atoms with Crippen LogP contribution in [-0.2, 0) is 6.42 Å². The van der Waals surface area contributed by atoms with Crippen molar-refractivity contribution in [2.24, 2.45) is 0 Å². The Morgan fingerprint density at radius 1 is 1.14 bits per heavy atom. The molecule has 1 aliphatic heterocycles. The topological polar surface area (TPSA) is 81.6 Å². The molecule has 2 aromatic rings. The van der Waals surface area contributed by atoms with Crippen molar-refractivity contribution in [1.29, 1.82) is 0 Å². The zero-order valence-corrected chi connectivity index (χ0v) is 11.4. The van der Waals surface area contributed by atoms with Crippen LogP contribution in [0.15, 0.2) is 36.4 Å². The lowest BCUT2D eigenvalue weighted by molar-refractivity contribution is 0.102. The molecule has 1 aliphatic rings. The summed E-state index contributed by atoms with van der Waals surface area (Å²) in [5, 5.41) is 25.1. The van der Waals surface area contributed by atoms with Gasteiger partial charge in [-0.05, 0) is 48.7 Å². The standard InChI is InChI=1S/C16H16N2O3/c19-12-5-6-15(20)13(9-12)16(21)18-11-4-3-10-2-1-7-17-14(10)8-11/h3-6,8-9,17,19-20H,1-2,7H2,(H,18,21). The first-order chi connectivity index (χ1) is 10.1. The predicted molar refractivity (Wildman–Crippen MR) is 81.0 cm³/mol. The highest BCUT2D eigenvalue weighted by molar-refractivity contribution is 6.06. The average Bonchev–Trinajstić information content (AvgIpc) is 2.49. The summed E-state index contributed by atoms with van der Waals surface area (Å²) in [5.74, 6) is -0.689. The first kappa shape index (κ1) is 13.3. The van der Waals surface area contributed by atoms with E-state index in [4.69, 9.17) is 0 Å². The van der Waals surface area contributed by atoms with E-state index in [-0.39, 0.29) is 17.1 Å². The van der Waals surface area contributed by atoms with Crippen molar-refractivity contribution in [3.63, 3.8) is 0 Å². The highest BCUT2D eigenvalue weighted by Gasteiger charge is 2.14. The van der Waals surface area contributed by atoms with Gasteiger partial charge in [0.25, 0.3) is 5.91 Å². The SMILES string of the molecule is O=C(Nc1ccc2c(c1)NCCC2)c1cc(O)ccc1O.